The third-order valence-corrected chi connectivity index (χ3v) is 12.0. The number of rotatable bonds is 4. The van der Waals surface area contributed by atoms with E-state index >= 15 is 0 Å². The summed E-state index contributed by atoms with van der Waals surface area (Å²) < 4.78 is 102. The van der Waals surface area contributed by atoms with Crippen LogP contribution in [0.4, 0.5) is 26.3 Å². The van der Waals surface area contributed by atoms with Crippen LogP contribution < -0.4 is 0 Å². The Morgan fingerprint density at radius 2 is 1.41 bits per heavy atom. The minimum absolute atomic E-state index is 0.0503. The van der Waals surface area contributed by atoms with Crippen molar-refractivity contribution in [3.63, 3.8) is 0 Å². The van der Waals surface area contributed by atoms with Crippen molar-refractivity contribution in [1.29, 1.82) is 0 Å². The van der Waals surface area contributed by atoms with Crippen LogP contribution in [0.15, 0.2) is 29.2 Å². The zero-order valence-corrected chi connectivity index (χ0v) is 26.6. The van der Waals surface area contributed by atoms with E-state index in [9.17, 15) is 31.1 Å². The second-order valence-electron chi connectivity index (χ2n) is 14.3. The van der Waals surface area contributed by atoms with Gasteiger partial charge in [0, 0.05) is 29.7 Å². The summed E-state index contributed by atoms with van der Waals surface area (Å²) >= 11 is 0. The molecule has 2 heterocycles. The number of carbonyl (C=O) groups is 1. The molecule has 4 aliphatic carbocycles. The van der Waals surface area contributed by atoms with Crippen LogP contribution >= 0.6 is 0 Å². The average Bonchev–Trinajstić information content (AvgIpc) is 3.04. The number of ether oxygens (including phenoxy) is 4. The van der Waals surface area contributed by atoms with Crippen LogP contribution in [0.1, 0.15) is 65.4 Å². The number of hydrogen-bond donors (Lipinski definition) is 0. The Kier molecular flexibility index (Phi) is 9.19. The summed E-state index contributed by atoms with van der Waals surface area (Å²) in [5.41, 5.74) is 0.669. The zero-order chi connectivity index (χ0) is 32.2. The van der Waals surface area contributed by atoms with Gasteiger partial charge in [-0.3, -0.25) is 4.79 Å². The van der Waals surface area contributed by atoms with E-state index in [2.05, 4.69) is 45.0 Å². The molecule has 1 spiro atoms. The van der Waals surface area contributed by atoms with Gasteiger partial charge in [-0.15, -0.1) is 0 Å². The van der Waals surface area contributed by atoms with Gasteiger partial charge < -0.3 is 18.9 Å². The maximum Gasteiger partial charge on any atom is 0.335 e. The summed E-state index contributed by atoms with van der Waals surface area (Å²) in [6.45, 7) is 5.34. The van der Waals surface area contributed by atoms with E-state index in [0.29, 0.717) is 37.1 Å². The normalized spacial score (nSPS) is 32.5. The van der Waals surface area contributed by atoms with Crippen LogP contribution in [0.3, 0.4) is 0 Å². The maximum atomic E-state index is 13.8. The fraction of sp³-hybridized carbons (Fsp3) is 0.781. The predicted molar refractivity (Wildman–Crippen MR) is 153 cm³/mol. The van der Waals surface area contributed by atoms with E-state index in [1.807, 2.05) is 0 Å². The lowest BCUT2D eigenvalue weighted by Crippen LogP contribution is -2.65. The van der Waals surface area contributed by atoms with E-state index < -0.39 is 66.6 Å². The van der Waals surface area contributed by atoms with Gasteiger partial charge in [0.15, 0.2) is 17.3 Å². The number of esters is 1. The van der Waals surface area contributed by atoms with Crippen molar-refractivity contribution in [3.05, 3.63) is 29.8 Å². The molecular formula is C32H43F6O5S+. The van der Waals surface area contributed by atoms with E-state index in [-0.39, 0.29) is 24.2 Å². The molecule has 5 nitrogen and oxygen atoms in total. The molecule has 12 heteroatoms. The minimum Gasteiger partial charge on any atom is -0.459 e. The van der Waals surface area contributed by atoms with Crippen molar-refractivity contribution in [2.45, 2.75) is 93.7 Å². The van der Waals surface area contributed by atoms with Crippen LogP contribution in [0.25, 0.3) is 0 Å². The Hall–Kier alpha value is -1.50. The molecule has 2 saturated heterocycles. The largest absolute Gasteiger partial charge is 0.459 e. The molecule has 2 unspecified atom stereocenters. The summed E-state index contributed by atoms with van der Waals surface area (Å²) in [7, 11) is 0.432. The Balaban J connectivity index is 0.000000204. The average molecular weight is 654 g/mol. The van der Waals surface area contributed by atoms with Crippen molar-refractivity contribution in [2.24, 2.45) is 23.2 Å². The van der Waals surface area contributed by atoms with Crippen LogP contribution in [0.5, 0.6) is 0 Å². The highest BCUT2D eigenvalue weighted by Crippen LogP contribution is 2.66. The van der Waals surface area contributed by atoms with E-state index in [4.69, 9.17) is 18.9 Å². The first kappa shape index (κ1) is 33.9. The molecule has 4 bridgehead atoms. The first-order chi connectivity index (χ1) is 20.4. The molecule has 248 valence electrons. The summed E-state index contributed by atoms with van der Waals surface area (Å²) in [6.07, 6.45) is 1.70. The fourth-order valence-corrected chi connectivity index (χ4v) is 9.39. The quantitative estimate of drug-likeness (QED) is 0.199. The van der Waals surface area contributed by atoms with Crippen LogP contribution in [-0.2, 0) is 40.1 Å². The molecule has 0 aromatic heterocycles. The topological polar surface area (TPSA) is 54.0 Å². The molecule has 2 aliphatic heterocycles. The van der Waals surface area contributed by atoms with Gasteiger partial charge in [0.2, 0.25) is 0 Å². The van der Waals surface area contributed by atoms with Crippen molar-refractivity contribution in [2.75, 3.05) is 44.5 Å². The van der Waals surface area contributed by atoms with Gasteiger partial charge in [-0.1, -0.05) is 32.9 Å². The van der Waals surface area contributed by atoms with Crippen molar-refractivity contribution < 1.29 is 50.1 Å². The van der Waals surface area contributed by atoms with Crippen molar-refractivity contribution >= 4 is 16.9 Å². The number of hydrogen-bond acceptors (Lipinski definition) is 5. The number of halogens is 6. The summed E-state index contributed by atoms with van der Waals surface area (Å²) in [5.74, 6) is -12.8. The first-order valence-corrected chi connectivity index (χ1v) is 16.9. The first-order valence-electron chi connectivity index (χ1n) is 15.3. The monoisotopic (exact) mass is 653 g/mol. The van der Waals surface area contributed by atoms with Crippen LogP contribution in [0, 0.1) is 23.2 Å². The van der Waals surface area contributed by atoms with Gasteiger partial charge >= 0.3 is 17.8 Å². The second kappa shape index (κ2) is 11.9. The summed E-state index contributed by atoms with van der Waals surface area (Å²) in [5, 5.41) is 0. The lowest BCUT2D eigenvalue weighted by atomic mass is 9.47. The predicted octanol–water partition coefficient (Wildman–Crippen LogP) is 7.02. The van der Waals surface area contributed by atoms with E-state index in [1.54, 1.807) is 0 Å². The van der Waals surface area contributed by atoms with Crippen LogP contribution in [0.2, 0.25) is 0 Å². The molecule has 1 aromatic carbocycles. The maximum absolute atomic E-state index is 13.8. The Labute approximate surface area is 258 Å². The van der Waals surface area contributed by atoms with E-state index in [0.717, 1.165) is 13.2 Å². The molecule has 1 aromatic rings. The SMILES string of the molecule is CC(C)(C)c1ccc([S+]2CCOCC2)cc1.CC(F)(F)COC(=O)C12CC3CC(C1)C1(OCC(F)(F)C(F)(F)CO1)C(C3)C2. The third kappa shape index (κ3) is 6.79. The highest BCUT2D eigenvalue weighted by molar-refractivity contribution is 7.97. The van der Waals surface area contributed by atoms with Gasteiger partial charge in [0.1, 0.15) is 24.7 Å². The zero-order valence-electron chi connectivity index (χ0n) is 25.7. The van der Waals surface area contributed by atoms with Gasteiger partial charge in [-0.2, -0.15) is 17.6 Å². The van der Waals surface area contributed by atoms with Crippen molar-refractivity contribution in [3.8, 4) is 0 Å². The number of benzene rings is 1. The van der Waals surface area contributed by atoms with Gasteiger partial charge in [0.05, 0.1) is 18.6 Å². The molecule has 7 rings (SSSR count). The lowest BCUT2D eigenvalue weighted by molar-refractivity contribution is -0.346. The molecule has 0 radical (unpaired) electrons. The third-order valence-electron chi connectivity index (χ3n) is 9.71. The highest BCUT2D eigenvalue weighted by Gasteiger charge is 2.70. The summed E-state index contributed by atoms with van der Waals surface area (Å²) in [6, 6.07) is 9.21. The molecule has 0 amide bonds. The Bertz CT molecular complexity index is 1140. The smallest absolute Gasteiger partial charge is 0.335 e. The number of carbonyl (C=O) groups excluding carboxylic acids is 1. The van der Waals surface area contributed by atoms with Crippen LogP contribution in [-0.4, -0.2) is 74.1 Å². The molecule has 0 N–H and O–H groups in total. The number of alkyl halides is 6. The molecule has 6 fully saturated rings. The second-order valence-corrected chi connectivity index (χ2v) is 16.5. The molecular weight excluding hydrogens is 610 g/mol. The lowest BCUT2D eigenvalue weighted by Gasteiger charge is -2.62. The molecule has 6 aliphatic rings. The Morgan fingerprint density at radius 1 is 0.886 bits per heavy atom. The minimum atomic E-state index is -4.35. The van der Waals surface area contributed by atoms with Gasteiger partial charge in [-0.25, -0.2) is 8.78 Å². The van der Waals surface area contributed by atoms with Crippen molar-refractivity contribution in [1.82, 2.24) is 0 Å². The standard InChI is InChI=1S/C18H22F6O4.C14H21OS/c1-14(19,20)7-26-13(25)15-4-10-2-11(5-15)18(12(3-10)6-15)27-8-16(21,22)17(23,24)9-28-18;1-14(2,3)12-4-6-13(7-5-12)16-10-8-15-9-11-16/h10-12H,2-9H2,1H3;4-7H,8-11H2,1-3H3/q;+1. The summed E-state index contributed by atoms with van der Waals surface area (Å²) in [4.78, 5) is 14.1. The fourth-order valence-electron chi connectivity index (χ4n) is 7.56. The molecule has 2 atom stereocenters. The van der Waals surface area contributed by atoms with Gasteiger partial charge in [0.25, 0.3) is 5.92 Å². The molecule has 4 saturated carbocycles. The van der Waals surface area contributed by atoms with Gasteiger partial charge in [-0.05, 0) is 61.1 Å². The van der Waals surface area contributed by atoms with E-state index in [1.165, 1.54) is 22.0 Å². The Morgan fingerprint density at radius 3 is 1.89 bits per heavy atom. The molecule has 44 heavy (non-hydrogen) atoms. The highest BCUT2D eigenvalue weighted by atomic mass is 32.2.